The fraction of sp³-hybridized carbons (Fsp3) is 0.167. The molecule has 43 heavy (non-hydrogen) atoms. The molecule has 0 radical (unpaired) electrons. The SMILES string of the molecule is Cn1[c-][n+](CCP(c2ccccc2)c2ccccc2)cc1.Cn1[c-][n+](CCP(c2ccccc2)c2ccccc2)cc1.[Ni+2]. The van der Waals surface area contributed by atoms with Gasteiger partial charge in [0.2, 0.25) is 12.7 Å². The molecule has 4 aromatic carbocycles. The molecule has 6 aromatic rings. The van der Waals surface area contributed by atoms with Crippen LogP contribution in [0.5, 0.6) is 0 Å². The number of hydrogen-bond donors (Lipinski definition) is 0. The number of aromatic nitrogens is 4. The first-order valence-corrected chi connectivity index (χ1v) is 17.3. The molecular formula is C36H38N4NiP2+2. The predicted molar refractivity (Wildman–Crippen MR) is 177 cm³/mol. The standard InChI is InChI=1S/2C18H19N2P.Ni/c2*1-19-12-13-20(16-19)14-15-21(17-8-4-2-5-9-17)18-10-6-3-7-11-18;/h2*2-13H,14-15H2,1H3;/q;;+2. The van der Waals surface area contributed by atoms with Crippen LogP contribution in [0.2, 0.25) is 0 Å². The summed E-state index contributed by atoms with van der Waals surface area (Å²) in [5, 5.41) is 5.76. The third-order valence-corrected chi connectivity index (χ3v) is 11.9. The van der Waals surface area contributed by atoms with Gasteiger partial charge in [0, 0.05) is 12.3 Å². The van der Waals surface area contributed by atoms with Gasteiger partial charge in [-0.3, -0.25) is 0 Å². The van der Waals surface area contributed by atoms with Gasteiger partial charge in [-0.05, 0) is 61.8 Å². The fourth-order valence-corrected chi connectivity index (χ4v) is 9.40. The van der Waals surface area contributed by atoms with E-state index in [1.54, 1.807) is 0 Å². The minimum absolute atomic E-state index is 0. The molecule has 0 bridgehead atoms. The smallest absolute Gasteiger partial charge is 0.354 e. The van der Waals surface area contributed by atoms with E-state index in [1.165, 1.54) is 21.2 Å². The Bertz CT molecular complexity index is 1400. The Morgan fingerprint density at radius 1 is 0.488 bits per heavy atom. The van der Waals surface area contributed by atoms with Crippen molar-refractivity contribution >= 4 is 37.1 Å². The van der Waals surface area contributed by atoms with Crippen molar-refractivity contribution in [2.45, 2.75) is 13.1 Å². The molecule has 7 heteroatoms. The molecule has 0 atom stereocenters. The van der Waals surface area contributed by atoms with Gasteiger partial charge in [-0.2, -0.15) is 0 Å². The fourth-order valence-electron chi connectivity index (χ4n) is 4.81. The average molecular weight is 647 g/mol. The van der Waals surface area contributed by atoms with Crippen molar-refractivity contribution in [2.75, 3.05) is 12.3 Å². The van der Waals surface area contributed by atoms with Gasteiger partial charge in [-0.1, -0.05) is 121 Å². The predicted octanol–water partition coefficient (Wildman–Crippen LogP) is 4.49. The van der Waals surface area contributed by atoms with Crippen LogP contribution in [0.15, 0.2) is 146 Å². The molecule has 2 heterocycles. The van der Waals surface area contributed by atoms with Crippen LogP contribution in [0.3, 0.4) is 0 Å². The quantitative estimate of drug-likeness (QED) is 0.0904. The number of aryl methyl sites for hydroxylation is 4. The Morgan fingerprint density at radius 3 is 1.00 bits per heavy atom. The molecular weight excluding hydrogens is 609 g/mol. The molecule has 0 N–H and O–H groups in total. The maximum atomic E-state index is 3.28. The second-order valence-electron chi connectivity index (χ2n) is 10.1. The van der Waals surface area contributed by atoms with Gasteiger partial charge in [0.1, 0.15) is 0 Å². The Balaban J connectivity index is 0.000000192. The van der Waals surface area contributed by atoms with Crippen LogP contribution < -0.4 is 30.4 Å². The summed E-state index contributed by atoms with van der Waals surface area (Å²) in [5.41, 5.74) is 0. The third kappa shape index (κ3) is 9.84. The summed E-state index contributed by atoms with van der Waals surface area (Å²) in [7, 11) is 3.38. The van der Waals surface area contributed by atoms with E-state index in [2.05, 4.69) is 156 Å². The molecule has 0 spiro atoms. The average Bonchev–Trinajstić information content (AvgIpc) is 3.67. The Morgan fingerprint density at radius 2 is 0.767 bits per heavy atom. The van der Waals surface area contributed by atoms with Crippen LogP contribution in [-0.4, -0.2) is 21.5 Å². The molecule has 0 amide bonds. The van der Waals surface area contributed by atoms with Gasteiger partial charge < -0.3 is 18.3 Å². The second-order valence-corrected chi connectivity index (χ2v) is 14.7. The maximum Gasteiger partial charge on any atom is 2.00 e. The van der Waals surface area contributed by atoms with Gasteiger partial charge in [-0.15, -0.1) is 0 Å². The monoisotopic (exact) mass is 646 g/mol. The van der Waals surface area contributed by atoms with Gasteiger partial charge >= 0.3 is 16.5 Å². The number of nitrogens with zero attached hydrogens (tertiary/aromatic N) is 4. The van der Waals surface area contributed by atoms with Crippen LogP contribution in [0, 0.1) is 12.7 Å². The van der Waals surface area contributed by atoms with Gasteiger partial charge in [-0.25, -0.2) is 0 Å². The third-order valence-electron chi connectivity index (χ3n) is 6.91. The first-order valence-electron chi connectivity index (χ1n) is 14.3. The van der Waals surface area contributed by atoms with Crippen molar-refractivity contribution in [1.82, 2.24) is 9.13 Å². The van der Waals surface area contributed by atoms with E-state index in [4.69, 9.17) is 0 Å². The molecule has 0 fully saturated rings. The van der Waals surface area contributed by atoms with E-state index in [0.29, 0.717) is 0 Å². The summed E-state index contributed by atoms with van der Waals surface area (Å²) < 4.78 is 8.21. The summed E-state index contributed by atoms with van der Waals surface area (Å²) in [5.74, 6) is 0. The zero-order chi connectivity index (χ0) is 29.0. The first-order chi connectivity index (χ1) is 20.7. The van der Waals surface area contributed by atoms with E-state index in [-0.39, 0.29) is 32.3 Å². The van der Waals surface area contributed by atoms with Crippen LogP contribution in [0.25, 0.3) is 0 Å². The summed E-state index contributed by atoms with van der Waals surface area (Å²) in [6.07, 6.45) is 17.1. The van der Waals surface area contributed by atoms with E-state index in [1.807, 2.05) is 35.6 Å². The molecule has 6 rings (SSSR count). The summed E-state index contributed by atoms with van der Waals surface area (Å²) in [4.78, 5) is 0. The summed E-state index contributed by atoms with van der Waals surface area (Å²) in [6.45, 7) is 1.99. The van der Waals surface area contributed by atoms with Crippen molar-refractivity contribution < 1.29 is 25.6 Å². The second kappa shape index (κ2) is 17.1. The number of hydrogen-bond acceptors (Lipinski definition) is 0. The van der Waals surface area contributed by atoms with Crippen molar-refractivity contribution in [3.63, 3.8) is 0 Å². The molecule has 4 nitrogen and oxygen atoms in total. The maximum absolute atomic E-state index is 3.28. The van der Waals surface area contributed by atoms with E-state index in [0.717, 1.165) is 25.4 Å². The zero-order valence-electron chi connectivity index (χ0n) is 24.7. The van der Waals surface area contributed by atoms with Gasteiger partial charge in [0.05, 0.1) is 27.2 Å². The number of benzene rings is 4. The number of imidazole rings is 2. The molecule has 2 aromatic heterocycles. The molecule has 0 unspecified atom stereocenters. The molecule has 0 aliphatic carbocycles. The minimum Gasteiger partial charge on any atom is -0.354 e. The summed E-state index contributed by atoms with van der Waals surface area (Å²) in [6, 6.07) is 43.4. The van der Waals surface area contributed by atoms with Crippen LogP contribution in [0.1, 0.15) is 0 Å². The largest absolute Gasteiger partial charge is 2.00 e. The van der Waals surface area contributed by atoms with Crippen molar-refractivity contribution in [1.29, 1.82) is 0 Å². The Kier molecular flexibility index (Phi) is 12.9. The van der Waals surface area contributed by atoms with Crippen LogP contribution in [0.4, 0.5) is 0 Å². The zero-order valence-corrected chi connectivity index (χ0v) is 27.5. The number of rotatable bonds is 10. The van der Waals surface area contributed by atoms with Crippen LogP contribution >= 0.6 is 15.8 Å². The molecule has 220 valence electrons. The van der Waals surface area contributed by atoms with Gasteiger partial charge in [0.15, 0.2) is 0 Å². The van der Waals surface area contributed by atoms with E-state index < -0.39 is 0 Å². The van der Waals surface area contributed by atoms with Crippen molar-refractivity contribution in [2.24, 2.45) is 14.1 Å². The normalized spacial score (nSPS) is 10.7. The van der Waals surface area contributed by atoms with Gasteiger partial charge in [0.25, 0.3) is 0 Å². The Hall–Kier alpha value is -3.35. The van der Waals surface area contributed by atoms with Crippen molar-refractivity contribution in [3.05, 3.63) is 159 Å². The van der Waals surface area contributed by atoms with Crippen LogP contribution in [-0.2, 0) is 43.7 Å². The topological polar surface area (TPSA) is 17.6 Å². The molecule has 0 aliphatic rings. The first kappa shape index (κ1) is 32.6. The molecule has 0 aliphatic heterocycles. The molecule has 0 saturated carbocycles. The molecule has 0 saturated heterocycles. The Labute approximate surface area is 269 Å². The van der Waals surface area contributed by atoms with Crippen molar-refractivity contribution in [3.8, 4) is 0 Å². The minimum atomic E-state index is -0.315. The van der Waals surface area contributed by atoms with E-state index in [9.17, 15) is 0 Å². The summed E-state index contributed by atoms with van der Waals surface area (Å²) >= 11 is 0. The van der Waals surface area contributed by atoms with E-state index >= 15 is 0 Å².